The molecule has 1 heterocycles. The average molecular weight is 367 g/mol. The molecule has 1 aliphatic heterocycles. The zero-order chi connectivity index (χ0) is 37.2. The van der Waals surface area contributed by atoms with Crippen LogP contribution in [-0.4, -0.2) is 30.9 Å². The molecule has 0 unspecified atom stereocenters. The SMILES string of the molecule is [2H]c1c([2H])c([2H])c([C@@](C)(OC([2H])([2H])C([2H])([2H])[C@]2([2H])N(C([2H])([2H])[2H])C([2H])([2H])C([2H])([2H])C2([2H])[2H])c2c([2H])c([2H])c(Cl)c([2H])c2[2H])c([2H])c1[2H]. The molecule has 2 nitrogen and oxygen atoms in total. The highest BCUT2D eigenvalue weighted by atomic mass is 35.5. The normalized spacial score (nSPS) is 45.8. The number of hydrogen-bond donors (Lipinski definition) is 0. The summed E-state index contributed by atoms with van der Waals surface area (Å²) in [5.74, 6) is 0. The summed E-state index contributed by atoms with van der Waals surface area (Å²) in [4.78, 5) is -0.798. The standard InChI is InChI=1S/C21H26ClNO/c1-21(17-7-4-3-5-8-17,18-10-12-19(22)13-11-18)24-16-14-20-9-6-15-23(20)2/h3-5,7-8,10-13,20H,6,9,14-16H2,1-2H3/t20-,21-/m1/s1/i2D3,3D,4D,5D,6D2,7D,8D,9D2,10D,11D,12D,13D,14D2,15D2,16D2,20D. The Bertz CT molecular complexity index is 1510. The van der Waals surface area contributed by atoms with Gasteiger partial charge in [0.25, 0.3) is 0 Å². The summed E-state index contributed by atoms with van der Waals surface area (Å²) in [5, 5.41) is -0.771. The molecule has 3 rings (SSSR count). The van der Waals surface area contributed by atoms with E-state index >= 15 is 0 Å². The summed E-state index contributed by atoms with van der Waals surface area (Å²) in [7, 11) is 0. The van der Waals surface area contributed by atoms with Crippen molar-refractivity contribution >= 4 is 11.6 Å². The van der Waals surface area contributed by atoms with Crippen LogP contribution in [0.5, 0.6) is 0 Å². The fourth-order valence-corrected chi connectivity index (χ4v) is 1.86. The van der Waals surface area contributed by atoms with E-state index in [1.165, 1.54) is 0 Å². The molecule has 1 fully saturated rings. The summed E-state index contributed by atoms with van der Waals surface area (Å²) in [5.41, 5.74) is -5.39. The number of hydrogen-bond acceptors (Lipinski definition) is 2. The summed E-state index contributed by atoms with van der Waals surface area (Å²) in [6.45, 7) is -11.8. The van der Waals surface area contributed by atoms with Crippen molar-refractivity contribution < 1.29 is 36.3 Å². The lowest BCUT2D eigenvalue weighted by atomic mass is 9.88. The van der Waals surface area contributed by atoms with Crippen LogP contribution in [0.1, 0.15) is 68.7 Å². The summed E-state index contributed by atoms with van der Waals surface area (Å²) < 4.78 is 196. The van der Waals surface area contributed by atoms with Gasteiger partial charge in [-0.15, -0.1) is 0 Å². The van der Waals surface area contributed by atoms with Crippen LogP contribution >= 0.6 is 11.6 Å². The Balaban J connectivity index is 2.55. The molecular formula is C21H26ClNO. The maximum atomic E-state index is 8.85. The molecule has 0 radical (unpaired) electrons. The van der Waals surface area contributed by atoms with Gasteiger partial charge >= 0.3 is 0 Å². The van der Waals surface area contributed by atoms with Crippen molar-refractivity contribution in [2.24, 2.45) is 0 Å². The Morgan fingerprint density at radius 1 is 1.33 bits per heavy atom. The van der Waals surface area contributed by atoms with Crippen LogP contribution in [-0.2, 0) is 10.3 Å². The van der Waals surface area contributed by atoms with E-state index in [1.807, 2.05) is 0 Å². The minimum absolute atomic E-state index is 0.660. The Morgan fingerprint density at radius 2 is 2.04 bits per heavy atom. The molecule has 128 valence electrons. The first-order valence-corrected chi connectivity index (χ1v) is 6.90. The lowest BCUT2D eigenvalue weighted by molar-refractivity contribution is -0.0117. The minimum Gasteiger partial charge on any atom is -0.366 e. The van der Waals surface area contributed by atoms with E-state index < -0.39 is 126 Å². The zero-order valence-corrected chi connectivity index (χ0v) is 13.0. The quantitative estimate of drug-likeness (QED) is 0.704. The third kappa shape index (κ3) is 3.83. The van der Waals surface area contributed by atoms with E-state index in [2.05, 4.69) is 0 Å². The molecule has 24 heavy (non-hydrogen) atoms. The van der Waals surface area contributed by atoms with E-state index in [9.17, 15) is 0 Å². The summed E-state index contributed by atoms with van der Waals surface area (Å²) >= 11 is 5.90. The molecule has 0 aromatic heterocycles. The van der Waals surface area contributed by atoms with Crippen LogP contribution in [0.15, 0.2) is 54.4 Å². The van der Waals surface area contributed by atoms with Crippen molar-refractivity contribution in [3.8, 4) is 0 Å². The predicted octanol–water partition coefficient (Wildman–Crippen LogP) is 5.10. The summed E-state index contributed by atoms with van der Waals surface area (Å²) in [6.07, 6.45) is -12.7. The molecule has 0 spiro atoms. The molecular weight excluding hydrogens is 318 g/mol. The lowest BCUT2D eigenvalue weighted by Gasteiger charge is -2.32. The number of nitrogens with zero attached hydrogens (tertiary/aromatic N) is 1. The molecule has 0 aliphatic carbocycles. The van der Waals surface area contributed by atoms with Crippen LogP contribution in [0, 0.1) is 0 Å². The molecule has 2 aromatic carbocycles. The molecule has 0 N–H and O–H groups in total. The highest BCUT2D eigenvalue weighted by Gasteiger charge is 2.30. The first-order chi connectivity index (χ1) is 20.7. The highest BCUT2D eigenvalue weighted by Crippen LogP contribution is 2.34. The monoisotopic (exact) mass is 366 g/mol. The number of likely N-dealkylation sites (tertiary alicyclic amines) is 1. The molecule has 0 bridgehead atoms. The maximum Gasteiger partial charge on any atom is 0.115 e. The van der Waals surface area contributed by atoms with Crippen molar-refractivity contribution in [2.45, 2.75) is 37.7 Å². The van der Waals surface area contributed by atoms with E-state index in [4.69, 9.17) is 47.9 Å². The van der Waals surface area contributed by atoms with E-state index in [0.29, 0.717) is 6.92 Å². The van der Waals surface area contributed by atoms with E-state index in [0.717, 1.165) is 0 Å². The zero-order valence-electron chi connectivity index (χ0n) is 35.2. The fourth-order valence-electron chi connectivity index (χ4n) is 1.77. The van der Waals surface area contributed by atoms with Crippen LogP contribution in [0.3, 0.4) is 0 Å². The molecule has 0 amide bonds. The van der Waals surface area contributed by atoms with Gasteiger partial charge < -0.3 is 9.64 Å². The van der Waals surface area contributed by atoms with Gasteiger partial charge in [-0.25, -0.2) is 0 Å². The summed E-state index contributed by atoms with van der Waals surface area (Å²) in [6, 6.07) is -14.1. The van der Waals surface area contributed by atoms with Crippen molar-refractivity contribution in [2.75, 3.05) is 20.0 Å². The predicted molar refractivity (Wildman–Crippen MR) is 101 cm³/mol. The average Bonchev–Trinajstić information content (AvgIpc) is 2.99. The molecule has 1 saturated heterocycles. The second-order valence-electron chi connectivity index (χ2n) is 4.60. The highest BCUT2D eigenvalue weighted by molar-refractivity contribution is 6.30. The van der Waals surface area contributed by atoms with Gasteiger partial charge in [-0.3, -0.25) is 0 Å². The molecule has 1 aliphatic rings. The third-order valence-electron chi connectivity index (χ3n) is 3.05. The molecule has 3 heteroatoms. The van der Waals surface area contributed by atoms with Gasteiger partial charge in [0, 0.05) is 34.0 Å². The molecule has 0 saturated carbocycles. The maximum absolute atomic E-state index is 8.85. The number of benzene rings is 2. The first kappa shape index (κ1) is 4.68. The van der Waals surface area contributed by atoms with Crippen molar-refractivity contribution in [1.82, 2.24) is 4.90 Å². The Labute approximate surface area is 182 Å². The van der Waals surface area contributed by atoms with Crippen molar-refractivity contribution in [3.05, 3.63) is 70.5 Å². The Morgan fingerprint density at radius 3 is 2.75 bits per heavy atom. The number of ether oxygens (including phenoxy) is 1. The number of halogens is 1. The molecule has 2 atom stereocenters. The minimum atomic E-state index is -4.51. The van der Waals surface area contributed by atoms with Gasteiger partial charge in [0.1, 0.15) is 5.60 Å². The first-order valence-electron chi connectivity index (χ1n) is 18.0. The lowest BCUT2D eigenvalue weighted by Crippen LogP contribution is -2.31. The number of rotatable bonds is 6. The van der Waals surface area contributed by atoms with Gasteiger partial charge in [-0.2, -0.15) is 0 Å². The van der Waals surface area contributed by atoms with E-state index in [1.54, 1.807) is 0 Å². The van der Waals surface area contributed by atoms with Gasteiger partial charge in [0.2, 0.25) is 0 Å². The van der Waals surface area contributed by atoms with E-state index in [-0.39, 0.29) is 0 Å². The van der Waals surface area contributed by atoms with Crippen LogP contribution in [0.4, 0.5) is 0 Å². The second kappa shape index (κ2) is 7.69. The second-order valence-corrected chi connectivity index (χ2v) is 4.98. The van der Waals surface area contributed by atoms with Crippen LogP contribution in [0.2, 0.25) is 5.02 Å². The Hall–Kier alpha value is -1.35. The van der Waals surface area contributed by atoms with Crippen LogP contribution < -0.4 is 0 Å². The molecule has 2 aromatic rings. The van der Waals surface area contributed by atoms with Gasteiger partial charge in [-0.1, -0.05) is 53.9 Å². The van der Waals surface area contributed by atoms with Crippen molar-refractivity contribution in [3.63, 3.8) is 0 Å². The van der Waals surface area contributed by atoms with Crippen molar-refractivity contribution in [1.29, 1.82) is 0 Å². The van der Waals surface area contributed by atoms with Crippen LogP contribution in [0.25, 0.3) is 0 Å². The largest absolute Gasteiger partial charge is 0.366 e. The Kier molecular flexibility index (Phi) is 1.50. The fraction of sp³-hybridized carbons (Fsp3) is 0.429. The third-order valence-corrected chi connectivity index (χ3v) is 3.23. The topological polar surface area (TPSA) is 12.5 Å². The van der Waals surface area contributed by atoms with Gasteiger partial charge in [0.05, 0.1) is 15.1 Å². The smallest absolute Gasteiger partial charge is 0.115 e. The van der Waals surface area contributed by atoms with Gasteiger partial charge in [-0.05, 0) is 62.7 Å². The van der Waals surface area contributed by atoms with Gasteiger partial charge in [0.15, 0.2) is 0 Å².